The molecule has 5 nitrogen and oxygen atoms in total. The second-order valence-electron chi connectivity index (χ2n) is 5.70. The van der Waals surface area contributed by atoms with Gasteiger partial charge in [-0.1, -0.05) is 29.3 Å². The first-order valence-corrected chi connectivity index (χ1v) is 9.53. The second-order valence-corrected chi connectivity index (χ2v) is 6.99. The third kappa shape index (κ3) is 4.08. The summed E-state index contributed by atoms with van der Waals surface area (Å²) >= 11 is 7.63. The Bertz CT molecular complexity index is 925. The van der Waals surface area contributed by atoms with Gasteiger partial charge in [-0.2, -0.15) is 0 Å². The average molecular weight is 389 g/mol. The molecule has 3 aromatic rings. The van der Waals surface area contributed by atoms with Crippen molar-refractivity contribution in [2.75, 3.05) is 6.26 Å². The molecular formula is C19H17ClN2O3S. The van der Waals surface area contributed by atoms with Crippen LogP contribution < -0.4 is 0 Å². The quantitative estimate of drug-likeness (QED) is 0.434. The summed E-state index contributed by atoms with van der Waals surface area (Å²) < 4.78 is 11.1. The van der Waals surface area contributed by atoms with E-state index in [0.717, 1.165) is 16.0 Å². The highest BCUT2D eigenvalue weighted by Gasteiger charge is 2.21. The molecule has 2 aromatic carbocycles. The number of aryl methyl sites for hydroxylation is 1. The van der Waals surface area contributed by atoms with Gasteiger partial charge in [-0.25, -0.2) is 4.79 Å². The third-order valence-corrected chi connectivity index (χ3v) is 4.82. The van der Waals surface area contributed by atoms with E-state index in [1.54, 1.807) is 19.1 Å². The second kappa shape index (κ2) is 7.93. The molecule has 0 bridgehead atoms. The van der Waals surface area contributed by atoms with Gasteiger partial charge in [0.15, 0.2) is 6.10 Å². The number of nitrogens with zero attached hydrogens (tertiary/aromatic N) is 2. The smallest absolute Gasteiger partial charge is 0.340 e. The topological polar surface area (TPSA) is 65.2 Å². The van der Waals surface area contributed by atoms with Crippen molar-refractivity contribution in [1.82, 2.24) is 10.2 Å². The lowest BCUT2D eigenvalue weighted by Crippen LogP contribution is -2.10. The van der Waals surface area contributed by atoms with Gasteiger partial charge in [0.2, 0.25) is 5.89 Å². The number of halogens is 1. The van der Waals surface area contributed by atoms with Crippen molar-refractivity contribution in [1.29, 1.82) is 0 Å². The SMILES string of the molecule is CSc1ccc(Cl)c(C(=O)O[C@@H](C)c2nnc(-c3ccc(C)cc3)o2)c1. The third-order valence-electron chi connectivity index (χ3n) is 3.76. The fourth-order valence-corrected chi connectivity index (χ4v) is 2.91. The molecule has 1 aromatic heterocycles. The number of thioether (sulfide) groups is 1. The van der Waals surface area contributed by atoms with Crippen LogP contribution in [0.2, 0.25) is 5.02 Å². The molecule has 0 radical (unpaired) electrons. The fourth-order valence-electron chi connectivity index (χ4n) is 2.27. The number of carbonyl (C=O) groups is 1. The van der Waals surface area contributed by atoms with Crippen LogP contribution in [0.5, 0.6) is 0 Å². The highest BCUT2D eigenvalue weighted by molar-refractivity contribution is 7.98. The minimum Gasteiger partial charge on any atom is -0.449 e. The Morgan fingerprint density at radius 1 is 1.19 bits per heavy atom. The van der Waals surface area contributed by atoms with Gasteiger partial charge < -0.3 is 9.15 Å². The van der Waals surface area contributed by atoms with Crippen molar-refractivity contribution in [3.63, 3.8) is 0 Å². The molecule has 0 aliphatic carbocycles. The molecule has 0 saturated carbocycles. The van der Waals surface area contributed by atoms with Crippen molar-refractivity contribution in [2.45, 2.75) is 24.8 Å². The maximum absolute atomic E-state index is 12.4. The molecule has 0 N–H and O–H groups in total. The molecule has 0 aliphatic rings. The first-order chi connectivity index (χ1) is 12.5. The number of hydrogen-bond acceptors (Lipinski definition) is 6. The minimum atomic E-state index is -0.691. The van der Waals surface area contributed by atoms with E-state index in [9.17, 15) is 4.79 Å². The van der Waals surface area contributed by atoms with Gasteiger partial charge in [0, 0.05) is 10.5 Å². The highest BCUT2D eigenvalue weighted by atomic mass is 35.5. The maximum atomic E-state index is 12.4. The number of rotatable bonds is 5. The summed E-state index contributed by atoms with van der Waals surface area (Å²) in [6.45, 7) is 3.68. The molecule has 3 rings (SSSR count). The Morgan fingerprint density at radius 2 is 1.92 bits per heavy atom. The number of benzene rings is 2. The van der Waals surface area contributed by atoms with Crippen LogP contribution in [0.25, 0.3) is 11.5 Å². The summed E-state index contributed by atoms with van der Waals surface area (Å²) in [7, 11) is 0. The van der Waals surface area contributed by atoms with E-state index in [1.165, 1.54) is 11.8 Å². The summed E-state index contributed by atoms with van der Waals surface area (Å²) in [5.74, 6) is 0.0740. The molecule has 0 spiro atoms. The van der Waals surface area contributed by atoms with Crippen molar-refractivity contribution >= 4 is 29.3 Å². The van der Waals surface area contributed by atoms with Gasteiger partial charge in [-0.05, 0) is 50.4 Å². The molecule has 0 fully saturated rings. The molecule has 7 heteroatoms. The van der Waals surface area contributed by atoms with Crippen LogP contribution in [0.3, 0.4) is 0 Å². The van der Waals surface area contributed by atoms with Gasteiger partial charge >= 0.3 is 5.97 Å². The van der Waals surface area contributed by atoms with E-state index in [2.05, 4.69) is 10.2 Å². The van der Waals surface area contributed by atoms with Crippen molar-refractivity contribution in [3.8, 4) is 11.5 Å². The molecule has 134 valence electrons. The van der Waals surface area contributed by atoms with Crippen molar-refractivity contribution in [3.05, 3.63) is 64.5 Å². The lowest BCUT2D eigenvalue weighted by molar-refractivity contribution is 0.0280. The highest BCUT2D eigenvalue weighted by Crippen LogP contribution is 2.27. The number of carbonyl (C=O) groups excluding carboxylic acids is 1. The molecule has 1 heterocycles. The lowest BCUT2D eigenvalue weighted by Gasteiger charge is -2.11. The Labute approximate surface area is 160 Å². The van der Waals surface area contributed by atoms with E-state index < -0.39 is 12.1 Å². The van der Waals surface area contributed by atoms with Crippen LogP contribution >= 0.6 is 23.4 Å². The van der Waals surface area contributed by atoms with Gasteiger partial charge in [-0.15, -0.1) is 22.0 Å². The molecular weight excluding hydrogens is 372 g/mol. The number of aromatic nitrogens is 2. The maximum Gasteiger partial charge on any atom is 0.340 e. The molecule has 0 amide bonds. The predicted molar refractivity (Wildman–Crippen MR) is 102 cm³/mol. The zero-order valence-electron chi connectivity index (χ0n) is 14.5. The molecule has 0 aliphatic heterocycles. The summed E-state index contributed by atoms with van der Waals surface area (Å²) in [6, 6.07) is 12.9. The predicted octanol–water partition coefficient (Wildman–Crippen LogP) is 5.34. The monoisotopic (exact) mass is 388 g/mol. The van der Waals surface area contributed by atoms with E-state index in [-0.39, 0.29) is 5.89 Å². The Balaban J connectivity index is 1.75. The Kier molecular flexibility index (Phi) is 5.64. The van der Waals surface area contributed by atoms with Crippen LogP contribution in [0.1, 0.15) is 34.8 Å². The average Bonchev–Trinajstić information content (AvgIpc) is 3.13. The largest absolute Gasteiger partial charge is 0.449 e. The zero-order valence-corrected chi connectivity index (χ0v) is 16.1. The molecule has 0 unspecified atom stereocenters. The minimum absolute atomic E-state index is 0.228. The Morgan fingerprint density at radius 3 is 2.62 bits per heavy atom. The number of ether oxygens (including phenoxy) is 1. The van der Waals surface area contributed by atoms with Crippen LogP contribution in [0, 0.1) is 6.92 Å². The molecule has 26 heavy (non-hydrogen) atoms. The first-order valence-electron chi connectivity index (χ1n) is 7.93. The lowest BCUT2D eigenvalue weighted by atomic mass is 10.1. The fraction of sp³-hybridized carbons (Fsp3) is 0.211. The van der Waals surface area contributed by atoms with E-state index >= 15 is 0 Å². The van der Waals surface area contributed by atoms with E-state index in [1.807, 2.05) is 43.5 Å². The van der Waals surface area contributed by atoms with Crippen LogP contribution in [0.4, 0.5) is 0 Å². The summed E-state index contributed by atoms with van der Waals surface area (Å²) in [4.78, 5) is 13.4. The van der Waals surface area contributed by atoms with Gasteiger partial charge in [0.05, 0.1) is 10.6 Å². The first kappa shape index (κ1) is 18.5. The standard InChI is InChI=1S/C19H17ClN2O3S/c1-11-4-6-13(7-5-11)18-22-21-17(25-18)12(2)24-19(23)15-10-14(26-3)8-9-16(15)20/h4-10,12H,1-3H3/t12-/m0/s1. The van der Waals surface area contributed by atoms with Crippen LogP contribution in [0.15, 0.2) is 51.8 Å². The van der Waals surface area contributed by atoms with E-state index in [0.29, 0.717) is 16.5 Å². The summed E-state index contributed by atoms with van der Waals surface area (Å²) in [6.07, 6.45) is 1.23. The summed E-state index contributed by atoms with van der Waals surface area (Å²) in [5, 5.41) is 8.35. The van der Waals surface area contributed by atoms with Crippen molar-refractivity contribution < 1.29 is 13.9 Å². The normalized spacial score (nSPS) is 12.0. The zero-order chi connectivity index (χ0) is 18.7. The molecule has 1 atom stereocenters. The van der Waals surface area contributed by atoms with Gasteiger partial charge in [-0.3, -0.25) is 0 Å². The van der Waals surface area contributed by atoms with Crippen LogP contribution in [-0.4, -0.2) is 22.4 Å². The van der Waals surface area contributed by atoms with Crippen LogP contribution in [-0.2, 0) is 4.74 Å². The van der Waals surface area contributed by atoms with Gasteiger partial charge in [0.1, 0.15) is 0 Å². The molecule has 0 saturated heterocycles. The van der Waals surface area contributed by atoms with Gasteiger partial charge in [0.25, 0.3) is 5.89 Å². The number of hydrogen-bond donors (Lipinski definition) is 0. The van der Waals surface area contributed by atoms with E-state index in [4.69, 9.17) is 20.8 Å². The number of esters is 1. The van der Waals surface area contributed by atoms with Crippen molar-refractivity contribution in [2.24, 2.45) is 0 Å². The Hall–Kier alpha value is -2.31. The summed E-state index contributed by atoms with van der Waals surface area (Å²) in [5.41, 5.74) is 2.26.